The van der Waals surface area contributed by atoms with Crippen LogP contribution >= 0.6 is 0 Å². The van der Waals surface area contributed by atoms with Gasteiger partial charge >= 0.3 is 5.97 Å². The van der Waals surface area contributed by atoms with E-state index in [4.69, 9.17) is 0 Å². The molecule has 0 radical (unpaired) electrons. The molecule has 1 aliphatic heterocycles. The van der Waals surface area contributed by atoms with Gasteiger partial charge in [0, 0.05) is 61.6 Å². The highest BCUT2D eigenvalue weighted by molar-refractivity contribution is 5.99. The number of aliphatic carboxylic acids is 1. The van der Waals surface area contributed by atoms with Crippen LogP contribution in [0.25, 0.3) is 5.69 Å². The van der Waals surface area contributed by atoms with E-state index < -0.39 is 12.0 Å². The van der Waals surface area contributed by atoms with Gasteiger partial charge in [0.15, 0.2) is 0 Å². The molecular formula is C34H40N6O3. The van der Waals surface area contributed by atoms with Crippen LogP contribution < -0.4 is 15.5 Å². The molecule has 3 N–H and O–H groups in total. The van der Waals surface area contributed by atoms with Gasteiger partial charge < -0.3 is 25.2 Å². The van der Waals surface area contributed by atoms with Crippen molar-refractivity contribution in [1.82, 2.24) is 19.9 Å². The maximum atomic E-state index is 13.4. The summed E-state index contributed by atoms with van der Waals surface area (Å²) in [6.07, 6.45) is 10.1. The number of imidazole rings is 1. The number of aryl methyl sites for hydroxylation is 3. The first-order valence-electron chi connectivity index (χ1n) is 15.0. The number of nitrogens with one attached hydrogen (secondary N) is 2. The molecule has 1 atom stereocenters. The number of anilines is 2. The highest BCUT2D eigenvalue weighted by Crippen LogP contribution is 2.25. The molecule has 9 nitrogen and oxygen atoms in total. The van der Waals surface area contributed by atoms with E-state index in [0.717, 1.165) is 66.4 Å². The molecule has 224 valence electrons. The summed E-state index contributed by atoms with van der Waals surface area (Å²) in [4.78, 5) is 36.4. The van der Waals surface area contributed by atoms with Crippen molar-refractivity contribution in [3.63, 3.8) is 0 Å². The van der Waals surface area contributed by atoms with Gasteiger partial charge in [-0.1, -0.05) is 19.1 Å². The van der Waals surface area contributed by atoms with E-state index in [1.54, 1.807) is 12.5 Å². The number of carbonyl (C=O) groups excluding carboxylic acids is 1. The molecule has 0 aliphatic carbocycles. The lowest BCUT2D eigenvalue weighted by Crippen LogP contribution is -2.42. The third-order valence-electron chi connectivity index (χ3n) is 8.26. The van der Waals surface area contributed by atoms with Crippen molar-refractivity contribution in [3.8, 4) is 5.69 Å². The third-order valence-corrected chi connectivity index (χ3v) is 8.26. The van der Waals surface area contributed by atoms with Crippen LogP contribution in [0.2, 0.25) is 0 Å². The Morgan fingerprint density at radius 1 is 1.02 bits per heavy atom. The van der Waals surface area contributed by atoms with Gasteiger partial charge in [-0.15, -0.1) is 0 Å². The van der Waals surface area contributed by atoms with Gasteiger partial charge in [0.05, 0.1) is 6.33 Å². The number of aromatic nitrogens is 3. The molecule has 43 heavy (non-hydrogen) atoms. The standard InChI is InChI=1S/C34H40N6O3/c1-4-27-20-29(40-16-13-35-22-40)18-24(3)32(27)33(41)38-30(34(42)43)19-25-5-7-28(8-6-25)39-14-10-26(11-15-39)21-37-31-17-23(2)9-12-36-31/h5-9,12-13,16-18,20,22,26,30H,4,10-11,14-15,19,21H2,1-3H3,(H,36,37)(H,38,41)(H,42,43). The predicted molar refractivity (Wildman–Crippen MR) is 169 cm³/mol. The molecule has 1 fully saturated rings. The van der Waals surface area contributed by atoms with Gasteiger partial charge in [0.1, 0.15) is 11.9 Å². The Labute approximate surface area is 253 Å². The van der Waals surface area contributed by atoms with E-state index in [0.29, 0.717) is 17.9 Å². The van der Waals surface area contributed by atoms with Crippen LogP contribution in [0.1, 0.15) is 52.4 Å². The normalized spacial score (nSPS) is 14.3. The zero-order valence-electron chi connectivity index (χ0n) is 25.1. The zero-order chi connectivity index (χ0) is 30.3. The predicted octanol–water partition coefficient (Wildman–Crippen LogP) is 5.20. The zero-order valence-corrected chi connectivity index (χ0v) is 25.1. The number of nitrogens with zero attached hydrogens (tertiary/aromatic N) is 4. The summed E-state index contributed by atoms with van der Waals surface area (Å²) in [6.45, 7) is 8.80. The van der Waals surface area contributed by atoms with E-state index in [1.807, 2.05) is 61.1 Å². The Morgan fingerprint density at radius 2 is 1.79 bits per heavy atom. The molecule has 9 heteroatoms. The summed E-state index contributed by atoms with van der Waals surface area (Å²) in [5, 5.41) is 16.2. The number of carboxylic acids is 1. The van der Waals surface area contributed by atoms with Crippen molar-refractivity contribution in [2.24, 2.45) is 5.92 Å². The summed E-state index contributed by atoms with van der Waals surface area (Å²) in [5.41, 5.74) is 6.30. The molecule has 2 aromatic carbocycles. The number of piperidine rings is 1. The Bertz CT molecular complexity index is 1540. The maximum Gasteiger partial charge on any atom is 0.326 e. The molecule has 1 unspecified atom stereocenters. The first-order valence-corrected chi connectivity index (χ1v) is 15.0. The molecule has 0 bridgehead atoms. The fourth-order valence-corrected chi connectivity index (χ4v) is 5.79. The smallest absolute Gasteiger partial charge is 0.326 e. The minimum Gasteiger partial charge on any atom is -0.480 e. The fraction of sp³-hybridized carbons (Fsp3) is 0.353. The Hall–Kier alpha value is -4.66. The Balaban J connectivity index is 1.17. The number of carboxylic acid groups (broad SMARTS) is 1. The molecule has 0 saturated carbocycles. The van der Waals surface area contributed by atoms with Gasteiger partial charge in [-0.2, -0.15) is 0 Å². The summed E-state index contributed by atoms with van der Waals surface area (Å²) in [6, 6.07) is 15.0. The van der Waals surface area contributed by atoms with Crippen LogP contribution in [-0.4, -0.2) is 57.2 Å². The Morgan fingerprint density at radius 3 is 2.44 bits per heavy atom. The van der Waals surface area contributed by atoms with Crippen LogP contribution in [0.5, 0.6) is 0 Å². The van der Waals surface area contributed by atoms with Gasteiger partial charge in [0.25, 0.3) is 5.91 Å². The number of hydrogen-bond donors (Lipinski definition) is 3. The van der Waals surface area contributed by atoms with Crippen LogP contribution in [0, 0.1) is 19.8 Å². The minimum atomic E-state index is -1.06. The van der Waals surface area contributed by atoms with Crippen molar-refractivity contribution in [3.05, 3.63) is 101 Å². The van der Waals surface area contributed by atoms with Crippen LogP contribution in [0.3, 0.4) is 0 Å². The minimum absolute atomic E-state index is 0.204. The van der Waals surface area contributed by atoms with E-state index in [9.17, 15) is 14.7 Å². The topological polar surface area (TPSA) is 112 Å². The van der Waals surface area contributed by atoms with E-state index >= 15 is 0 Å². The van der Waals surface area contributed by atoms with Gasteiger partial charge in [-0.25, -0.2) is 14.8 Å². The summed E-state index contributed by atoms with van der Waals surface area (Å²) in [7, 11) is 0. The first kappa shape index (κ1) is 29.8. The molecule has 0 spiro atoms. The number of pyridine rings is 1. The SMILES string of the molecule is CCc1cc(-n2ccnc2)cc(C)c1C(=O)NC(Cc1ccc(N2CCC(CNc3cc(C)ccn3)CC2)cc1)C(=O)O. The van der Waals surface area contributed by atoms with Crippen molar-refractivity contribution < 1.29 is 14.7 Å². The van der Waals surface area contributed by atoms with E-state index in [2.05, 4.69) is 50.6 Å². The van der Waals surface area contributed by atoms with E-state index in [-0.39, 0.29) is 12.3 Å². The lowest BCUT2D eigenvalue weighted by atomic mass is 9.96. The van der Waals surface area contributed by atoms with Crippen LogP contribution in [0.4, 0.5) is 11.5 Å². The lowest BCUT2D eigenvalue weighted by Gasteiger charge is -2.34. The number of hydrogen-bond acceptors (Lipinski definition) is 6. The molecule has 3 heterocycles. The number of amides is 1. The van der Waals surface area contributed by atoms with E-state index in [1.165, 1.54) is 5.56 Å². The average molecular weight is 581 g/mol. The second kappa shape index (κ2) is 13.5. The molecule has 1 aliphatic rings. The molecule has 4 aromatic rings. The summed E-state index contributed by atoms with van der Waals surface area (Å²) < 4.78 is 1.89. The maximum absolute atomic E-state index is 13.4. The largest absolute Gasteiger partial charge is 0.480 e. The molecular weight excluding hydrogens is 540 g/mol. The lowest BCUT2D eigenvalue weighted by molar-refractivity contribution is -0.139. The molecule has 2 aromatic heterocycles. The van der Waals surface area contributed by atoms with Crippen molar-refractivity contribution in [1.29, 1.82) is 0 Å². The highest BCUT2D eigenvalue weighted by atomic mass is 16.4. The number of benzene rings is 2. The van der Waals surface area contributed by atoms with Gasteiger partial charge in [-0.05, 0) is 97.7 Å². The second-order valence-electron chi connectivity index (χ2n) is 11.4. The summed E-state index contributed by atoms with van der Waals surface area (Å²) >= 11 is 0. The molecule has 5 rings (SSSR count). The second-order valence-corrected chi connectivity index (χ2v) is 11.4. The average Bonchev–Trinajstić information content (AvgIpc) is 3.55. The van der Waals surface area contributed by atoms with Crippen molar-refractivity contribution in [2.45, 2.75) is 52.5 Å². The van der Waals surface area contributed by atoms with Gasteiger partial charge in [-0.3, -0.25) is 4.79 Å². The number of carbonyl (C=O) groups is 2. The monoisotopic (exact) mass is 580 g/mol. The number of rotatable bonds is 11. The molecule has 1 saturated heterocycles. The van der Waals surface area contributed by atoms with Crippen molar-refractivity contribution >= 4 is 23.4 Å². The summed E-state index contributed by atoms with van der Waals surface area (Å²) in [5.74, 6) is 0.0980. The highest BCUT2D eigenvalue weighted by Gasteiger charge is 2.25. The first-order chi connectivity index (χ1) is 20.8. The van der Waals surface area contributed by atoms with Gasteiger partial charge in [0.2, 0.25) is 0 Å². The fourth-order valence-electron chi connectivity index (χ4n) is 5.79. The third kappa shape index (κ3) is 7.41. The van der Waals surface area contributed by atoms with Crippen LogP contribution in [-0.2, 0) is 17.6 Å². The quantitative estimate of drug-likeness (QED) is 0.224. The van der Waals surface area contributed by atoms with Crippen molar-refractivity contribution in [2.75, 3.05) is 29.9 Å². The molecule has 1 amide bonds. The Kier molecular flexibility index (Phi) is 9.39. The van der Waals surface area contributed by atoms with Crippen LogP contribution in [0.15, 0.2) is 73.4 Å².